The fraction of sp³-hybridized carbons (Fsp3) is 0.160. The summed E-state index contributed by atoms with van der Waals surface area (Å²) >= 11 is 0. The predicted octanol–water partition coefficient (Wildman–Crippen LogP) is 2.27. The Labute approximate surface area is 206 Å². The van der Waals surface area contributed by atoms with Gasteiger partial charge < -0.3 is 9.84 Å². The maximum Gasteiger partial charge on any atom is 0.331 e. The lowest BCUT2D eigenvalue weighted by Gasteiger charge is -2.21. The van der Waals surface area contributed by atoms with Gasteiger partial charge in [0.1, 0.15) is 18.0 Å². The van der Waals surface area contributed by atoms with Gasteiger partial charge in [-0.3, -0.25) is 18.7 Å². The van der Waals surface area contributed by atoms with E-state index in [1.807, 2.05) is 6.07 Å². The number of carboxylic acid groups (broad SMARTS) is 1. The number of aryl methyl sites for hydroxylation is 1. The number of carbonyl (C=O) groups is 1. The summed E-state index contributed by atoms with van der Waals surface area (Å²) < 4.78 is 35.1. The number of ether oxygens (including phenoxy) is 1. The first-order chi connectivity index (χ1) is 17.2. The first kappa shape index (κ1) is 24.9. The molecule has 0 aliphatic heterocycles. The van der Waals surface area contributed by atoms with Gasteiger partial charge >= 0.3 is 11.7 Å². The topological polar surface area (TPSA) is 128 Å². The molecule has 4 rings (SSSR count). The molecule has 0 saturated carbocycles. The van der Waals surface area contributed by atoms with E-state index in [9.17, 15) is 27.9 Å². The van der Waals surface area contributed by atoms with Crippen molar-refractivity contribution in [3.05, 3.63) is 99.7 Å². The van der Waals surface area contributed by atoms with Gasteiger partial charge in [-0.1, -0.05) is 30.3 Å². The molecule has 1 aromatic heterocycles. The predicted molar refractivity (Wildman–Crippen MR) is 133 cm³/mol. The Kier molecular flexibility index (Phi) is 7.04. The van der Waals surface area contributed by atoms with Crippen molar-refractivity contribution in [2.24, 2.45) is 7.05 Å². The molecule has 0 fully saturated rings. The summed E-state index contributed by atoms with van der Waals surface area (Å²) in [5.41, 5.74) is -0.769. The third-order valence-electron chi connectivity index (χ3n) is 5.58. The monoisotopic (exact) mass is 509 g/mol. The van der Waals surface area contributed by atoms with Crippen LogP contribution >= 0.6 is 0 Å². The highest BCUT2D eigenvalue weighted by atomic mass is 32.2. The fourth-order valence-corrected chi connectivity index (χ4v) is 5.14. The molecule has 0 aliphatic rings. The number of nitrogens with zero attached hydrogens (tertiary/aromatic N) is 3. The minimum Gasteiger partial charge on any atom is -0.480 e. The van der Waals surface area contributed by atoms with Gasteiger partial charge in [-0.05, 0) is 48.5 Å². The largest absolute Gasteiger partial charge is 0.480 e. The zero-order valence-corrected chi connectivity index (χ0v) is 20.1. The molecule has 0 saturated heterocycles. The standard InChI is InChI=1S/C25H23N3O7S/c1-26-22-10-6-5-9-21(22)24(31)28(25(26)32)16-15-27(17-23(29)30)36(33,34)20-13-11-19(12-14-20)35-18-7-3-2-4-8-18/h2-14H,15-17H2,1H3,(H,29,30). The first-order valence-corrected chi connectivity index (χ1v) is 12.4. The van der Waals surface area contributed by atoms with Crippen molar-refractivity contribution in [3.8, 4) is 11.5 Å². The molecule has 186 valence electrons. The minimum atomic E-state index is -4.26. The number of benzene rings is 3. The van der Waals surface area contributed by atoms with Crippen molar-refractivity contribution >= 4 is 26.9 Å². The molecule has 0 bridgehead atoms. The molecule has 0 aliphatic carbocycles. The second-order valence-corrected chi connectivity index (χ2v) is 9.87. The normalized spacial score (nSPS) is 11.6. The van der Waals surface area contributed by atoms with Crippen LogP contribution in [0.1, 0.15) is 0 Å². The second kappa shape index (κ2) is 10.2. The number of hydrogen-bond donors (Lipinski definition) is 1. The van der Waals surface area contributed by atoms with Crippen LogP contribution in [0, 0.1) is 0 Å². The lowest BCUT2D eigenvalue weighted by Crippen LogP contribution is -2.44. The van der Waals surface area contributed by atoms with Crippen LogP contribution in [0.5, 0.6) is 11.5 Å². The fourth-order valence-electron chi connectivity index (χ4n) is 3.76. The smallest absolute Gasteiger partial charge is 0.331 e. The van der Waals surface area contributed by atoms with Gasteiger partial charge in [0.25, 0.3) is 5.56 Å². The Hall–Kier alpha value is -4.22. The van der Waals surface area contributed by atoms with Crippen molar-refractivity contribution in [1.82, 2.24) is 13.4 Å². The van der Waals surface area contributed by atoms with Crippen LogP contribution < -0.4 is 16.0 Å². The van der Waals surface area contributed by atoms with Crippen LogP contribution in [-0.4, -0.2) is 46.0 Å². The number of hydrogen-bond acceptors (Lipinski definition) is 6. The number of aromatic nitrogens is 2. The average molecular weight is 510 g/mol. The number of rotatable bonds is 9. The molecule has 0 radical (unpaired) electrons. The van der Waals surface area contributed by atoms with E-state index in [4.69, 9.17) is 4.74 Å². The van der Waals surface area contributed by atoms with E-state index in [1.54, 1.807) is 48.5 Å². The second-order valence-electron chi connectivity index (χ2n) is 7.93. The molecule has 1 N–H and O–H groups in total. The molecular formula is C25H23N3O7S. The number of para-hydroxylation sites is 2. The Balaban J connectivity index is 1.61. The lowest BCUT2D eigenvalue weighted by atomic mass is 10.2. The van der Waals surface area contributed by atoms with Gasteiger partial charge in [-0.2, -0.15) is 4.31 Å². The van der Waals surface area contributed by atoms with E-state index >= 15 is 0 Å². The summed E-state index contributed by atoms with van der Waals surface area (Å²) in [5, 5.41) is 9.63. The molecule has 0 atom stereocenters. The number of carboxylic acids is 1. The quantitative estimate of drug-likeness (QED) is 0.367. The molecule has 36 heavy (non-hydrogen) atoms. The SMILES string of the molecule is Cn1c(=O)n(CCN(CC(=O)O)S(=O)(=O)c2ccc(Oc3ccccc3)cc2)c(=O)c2ccccc21. The van der Waals surface area contributed by atoms with Crippen LogP contribution in [0.4, 0.5) is 0 Å². The molecule has 1 heterocycles. The van der Waals surface area contributed by atoms with Crippen LogP contribution in [0.25, 0.3) is 10.9 Å². The Morgan fingerprint density at radius 2 is 1.53 bits per heavy atom. The van der Waals surface area contributed by atoms with Crippen LogP contribution in [0.15, 0.2) is 93.3 Å². The van der Waals surface area contributed by atoms with Crippen molar-refractivity contribution in [2.75, 3.05) is 13.1 Å². The average Bonchev–Trinajstić information content (AvgIpc) is 2.87. The van der Waals surface area contributed by atoms with E-state index in [0.29, 0.717) is 22.4 Å². The van der Waals surface area contributed by atoms with Gasteiger partial charge in [0.15, 0.2) is 0 Å². The lowest BCUT2D eigenvalue weighted by molar-refractivity contribution is -0.137. The van der Waals surface area contributed by atoms with Crippen molar-refractivity contribution < 1.29 is 23.1 Å². The highest BCUT2D eigenvalue weighted by Crippen LogP contribution is 2.24. The summed E-state index contributed by atoms with van der Waals surface area (Å²) in [4.78, 5) is 37.0. The Bertz CT molecular complexity index is 1630. The molecule has 0 unspecified atom stereocenters. The minimum absolute atomic E-state index is 0.150. The maximum atomic E-state index is 13.3. The van der Waals surface area contributed by atoms with E-state index in [1.165, 1.54) is 35.9 Å². The number of aliphatic carboxylic acids is 1. The third kappa shape index (κ3) is 5.07. The molecule has 10 nitrogen and oxygen atoms in total. The van der Waals surface area contributed by atoms with E-state index in [-0.39, 0.29) is 11.4 Å². The molecule has 3 aromatic carbocycles. The number of sulfonamides is 1. The summed E-state index contributed by atoms with van der Waals surface area (Å²) in [6, 6.07) is 21.0. The Morgan fingerprint density at radius 1 is 0.917 bits per heavy atom. The molecule has 0 amide bonds. The first-order valence-electron chi connectivity index (χ1n) is 10.9. The van der Waals surface area contributed by atoms with Gasteiger partial charge in [0.2, 0.25) is 10.0 Å². The number of fused-ring (bicyclic) bond motifs is 1. The van der Waals surface area contributed by atoms with Crippen molar-refractivity contribution in [3.63, 3.8) is 0 Å². The van der Waals surface area contributed by atoms with E-state index in [2.05, 4.69) is 0 Å². The third-order valence-corrected chi connectivity index (χ3v) is 7.44. The summed E-state index contributed by atoms with van der Waals surface area (Å²) in [5.74, 6) is -0.402. The molecule has 11 heteroatoms. The van der Waals surface area contributed by atoms with Gasteiger partial charge in [0, 0.05) is 20.1 Å². The van der Waals surface area contributed by atoms with Gasteiger partial charge in [0.05, 0.1) is 15.8 Å². The van der Waals surface area contributed by atoms with E-state index in [0.717, 1.165) is 8.87 Å². The van der Waals surface area contributed by atoms with Crippen LogP contribution in [0.3, 0.4) is 0 Å². The summed E-state index contributed by atoms with van der Waals surface area (Å²) in [6.45, 7) is -1.56. The van der Waals surface area contributed by atoms with Gasteiger partial charge in [-0.25, -0.2) is 13.2 Å². The maximum absolute atomic E-state index is 13.3. The van der Waals surface area contributed by atoms with E-state index < -0.39 is 40.3 Å². The Morgan fingerprint density at radius 3 is 2.19 bits per heavy atom. The zero-order valence-electron chi connectivity index (χ0n) is 19.3. The summed E-state index contributed by atoms with van der Waals surface area (Å²) in [6.07, 6.45) is 0. The molecular weight excluding hydrogens is 486 g/mol. The van der Waals surface area contributed by atoms with Crippen LogP contribution in [0.2, 0.25) is 0 Å². The van der Waals surface area contributed by atoms with Crippen molar-refractivity contribution in [1.29, 1.82) is 0 Å². The molecule has 0 spiro atoms. The van der Waals surface area contributed by atoms with Crippen molar-refractivity contribution in [2.45, 2.75) is 11.4 Å². The van der Waals surface area contributed by atoms with Crippen LogP contribution in [-0.2, 0) is 28.4 Å². The van der Waals surface area contributed by atoms with Gasteiger partial charge in [-0.15, -0.1) is 0 Å². The molecule has 4 aromatic rings. The summed E-state index contributed by atoms with van der Waals surface area (Å²) in [7, 11) is -2.76. The highest BCUT2D eigenvalue weighted by Gasteiger charge is 2.27. The zero-order chi connectivity index (χ0) is 25.9. The highest BCUT2D eigenvalue weighted by molar-refractivity contribution is 7.89.